The second-order valence-electron chi connectivity index (χ2n) is 6.87. The third-order valence-corrected chi connectivity index (χ3v) is 4.65. The van der Waals surface area contributed by atoms with Crippen LogP contribution in [-0.2, 0) is 4.79 Å². The molecule has 1 N–H and O–H groups in total. The van der Waals surface area contributed by atoms with Crippen molar-refractivity contribution in [2.75, 3.05) is 19.6 Å². The van der Waals surface area contributed by atoms with Crippen LogP contribution in [0.15, 0.2) is 0 Å². The number of aliphatic carboxylic acids is 1. The van der Waals surface area contributed by atoms with Crippen LogP contribution in [0, 0.1) is 10.8 Å². The Bertz CT molecular complexity index is 287. The zero-order valence-corrected chi connectivity index (χ0v) is 11.2. The Kier molecular flexibility index (Phi) is 3.48. The summed E-state index contributed by atoms with van der Waals surface area (Å²) >= 11 is 0. The maximum absolute atomic E-state index is 10.6. The molecule has 3 nitrogen and oxygen atoms in total. The molecule has 0 unspecified atom stereocenters. The Balaban J connectivity index is 1.62. The summed E-state index contributed by atoms with van der Waals surface area (Å²) in [5.74, 6) is -0.671. The molecule has 2 aliphatic rings. The number of rotatable bonds is 6. The molecule has 0 aromatic carbocycles. The third-order valence-electron chi connectivity index (χ3n) is 4.65. The minimum atomic E-state index is -0.671. The van der Waals surface area contributed by atoms with Crippen LogP contribution < -0.4 is 0 Å². The molecular weight excluding hydrogens is 214 g/mol. The van der Waals surface area contributed by atoms with Gasteiger partial charge in [0.25, 0.3) is 0 Å². The van der Waals surface area contributed by atoms with E-state index < -0.39 is 5.97 Å². The summed E-state index contributed by atoms with van der Waals surface area (Å²) in [6.07, 6.45) is 6.52. The number of carboxylic acids is 1. The first-order valence-electron chi connectivity index (χ1n) is 6.85. The van der Waals surface area contributed by atoms with Crippen LogP contribution in [0.4, 0.5) is 0 Å². The second kappa shape index (κ2) is 4.60. The molecule has 1 spiro atoms. The van der Waals surface area contributed by atoms with E-state index in [-0.39, 0.29) is 5.41 Å². The summed E-state index contributed by atoms with van der Waals surface area (Å²) in [6.45, 7) is 8.11. The Hall–Kier alpha value is -0.570. The predicted molar refractivity (Wildman–Crippen MR) is 68.0 cm³/mol. The lowest BCUT2D eigenvalue weighted by Crippen LogP contribution is -2.59. The van der Waals surface area contributed by atoms with Crippen molar-refractivity contribution < 1.29 is 9.90 Å². The van der Waals surface area contributed by atoms with E-state index in [1.807, 2.05) is 0 Å². The highest BCUT2D eigenvalue weighted by Crippen LogP contribution is 2.48. The molecule has 0 radical (unpaired) electrons. The quantitative estimate of drug-likeness (QED) is 0.775. The minimum Gasteiger partial charge on any atom is -0.481 e. The van der Waals surface area contributed by atoms with Gasteiger partial charge in [-0.2, -0.15) is 0 Å². The van der Waals surface area contributed by atoms with Crippen LogP contribution >= 0.6 is 0 Å². The van der Waals surface area contributed by atoms with Crippen molar-refractivity contribution in [3.8, 4) is 0 Å². The van der Waals surface area contributed by atoms with Gasteiger partial charge in [-0.1, -0.05) is 20.3 Å². The van der Waals surface area contributed by atoms with Gasteiger partial charge < -0.3 is 10.0 Å². The topological polar surface area (TPSA) is 40.5 Å². The Morgan fingerprint density at radius 2 is 1.94 bits per heavy atom. The van der Waals surface area contributed by atoms with E-state index in [0.717, 1.165) is 19.4 Å². The van der Waals surface area contributed by atoms with Gasteiger partial charge in [-0.25, -0.2) is 0 Å². The maximum atomic E-state index is 10.6. The molecule has 1 saturated heterocycles. The maximum Gasteiger partial charge on any atom is 0.303 e. The van der Waals surface area contributed by atoms with Crippen LogP contribution in [0.3, 0.4) is 0 Å². The van der Waals surface area contributed by atoms with Gasteiger partial charge in [0.05, 0.1) is 0 Å². The molecule has 0 atom stereocenters. The van der Waals surface area contributed by atoms with Gasteiger partial charge in [0, 0.05) is 19.5 Å². The summed E-state index contributed by atoms with van der Waals surface area (Å²) in [5, 5.41) is 8.71. The lowest BCUT2D eigenvalue weighted by molar-refractivity contribution is -0.137. The Morgan fingerprint density at radius 3 is 2.41 bits per heavy atom. The van der Waals surface area contributed by atoms with Gasteiger partial charge in [0.15, 0.2) is 0 Å². The normalized spacial score (nSPS) is 23.2. The van der Waals surface area contributed by atoms with Crippen LogP contribution in [0.5, 0.6) is 0 Å². The molecule has 0 aromatic heterocycles. The van der Waals surface area contributed by atoms with E-state index >= 15 is 0 Å². The van der Waals surface area contributed by atoms with Gasteiger partial charge in [-0.05, 0) is 43.1 Å². The lowest BCUT2D eigenvalue weighted by Gasteiger charge is -2.56. The average Bonchev–Trinajstić information content (AvgIpc) is 2.10. The molecule has 0 aromatic rings. The van der Waals surface area contributed by atoms with E-state index in [1.54, 1.807) is 0 Å². The molecule has 1 saturated carbocycles. The number of carbonyl (C=O) groups is 1. The Morgan fingerprint density at radius 1 is 1.29 bits per heavy atom. The van der Waals surface area contributed by atoms with E-state index in [0.29, 0.717) is 11.8 Å². The van der Waals surface area contributed by atoms with Crippen LogP contribution in [0.2, 0.25) is 0 Å². The monoisotopic (exact) mass is 239 g/mol. The van der Waals surface area contributed by atoms with E-state index in [4.69, 9.17) is 5.11 Å². The molecule has 0 amide bonds. The van der Waals surface area contributed by atoms with Crippen molar-refractivity contribution in [3.05, 3.63) is 0 Å². The summed E-state index contributed by atoms with van der Waals surface area (Å²) in [7, 11) is 0. The minimum absolute atomic E-state index is 0.167. The SMILES string of the molecule is CC(C)(CCC(=O)O)CCN1CC2(CCC2)C1. The Labute approximate surface area is 104 Å². The third kappa shape index (κ3) is 3.21. The fourth-order valence-corrected chi connectivity index (χ4v) is 3.08. The molecular formula is C14H25NO2. The predicted octanol–water partition coefficient (Wildman–Crippen LogP) is 2.75. The van der Waals surface area contributed by atoms with Crippen molar-refractivity contribution in [1.29, 1.82) is 0 Å². The van der Waals surface area contributed by atoms with Crippen LogP contribution in [-0.4, -0.2) is 35.6 Å². The van der Waals surface area contributed by atoms with Crippen LogP contribution in [0.25, 0.3) is 0 Å². The van der Waals surface area contributed by atoms with Gasteiger partial charge in [0.1, 0.15) is 0 Å². The smallest absolute Gasteiger partial charge is 0.303 e. The summed E-state index contributed by atoms with van der Waals surface area (Å²) in [6, 6.07) is 0. The van der Waals surface area contributed by atoms with Gasteiger partial charge in [0.2, 0.25) is 0 Å². The first kappa shape index (κ1) is 12.9. The largest absolute Gasteiger partial charge is 0.481 e. The first-order chi connectivity index (χ1) is 7.91. The van der Waals surface area contributed by atoms with Crippen LogP contribution in [0.1, 0.15) is 52.4 Å². The first-order valence-corrected chi connectivity index (χ1v) is 6.85. The molecule has 2 fully saturated rings. The molecule has 17 heavy (non-hydrogen) atoms. The van der Waals surface area contributed by atoms with Gasteiger partial charge >= 0.3 is 5.97 Å². The van der Waals surface area contributed by atoms with Gasteiger partial charge in [-0.15, -0.1) is 0 Å². The summed E-state index contributed by atoms with van der Waals surface area (Å²) < 4.78 is 0. The number of likely N-dealkylation sites (tertiary alicyclic amines) is 1. The lowest BCUT2D eigenvalue weighted by atomic mass is 9.63. The molecule has 0 bridgehead atoms. The zero-order chi connectivity index (χ0) is 12.5. The zero-order valence-electron chi connectivity index (χ0n) is 11.2. The summed E-state index contributed by atoms with van der Waals surface area (Å²) in [5.41, 5.74) is 0.881. The molecule has 98 valence electrons. The van der Waals surface area contributed by atoms with Crippen molar-refractivity contribution in [3.63, 3.8) is 0 Å². The van der Waals surface area contributed by atoms with E-state index in [1.165, 1.54) is 32.4 Å². The highest BCUT2D eigenvalue weighted by atomic mass is 16.4. The fraction of sp³-hybridized carbons (Fsp3) is 0.929. The van der Waals surface area contributed by atoms with Gasteiger partial charge in [-0.3, -0.25) is 4.79 Å². The van der Waals surface area contributed by atoms with Crippen molar-refractivity contribution in [2.45, 2.75) is 52.4 Å². The standard InChI is InChI=1S/C14H25NO2/c1-13(2,7-4-12(16)17)8-9-15-10-14(11-15)5-3-6-14/h3-11H2,1-2H3,(H,16,17). The summed E-state index contributed by atoms with van der Waals surface area (Å²) in [4.78, 5) is 13.1. The van der Waals surface area contributed by atoms with Crippen molar-refractivity contribution in [2.24, 2.45) is 10.8 Å². The van der Waals surface area contributed by atoms with Crippen molar-refractivity contribution in [1.82, 2.24) is 4.90 Å². The highest BCUT2D eigenvalue weighted by molar-refractivity contribution is 5.66. The number of hydrogen-bond acceptors (Lipinski definition) is 2. The molecule has 1 aliphatic heterocycles. The molecule has 1 aliphatic carbocycles. The number of nitrogens with zero attached hydrogens (tertiary/aromatic N) is 1. The highest BCUT2D eigenvalue weighted by Gasteiger charge is 2.46. The molecule has 3 heteroatoms. The van der Waals surface area contributed by atoms with E-state index in [2.05, 4.69) is 18.7 Å². The average molecular weight is 239 g/mol. The second-order valence-corrected chi connectivity index (χ2v) is 6.87. The van der Waals surface area contributed by atoms with E-state index in [9.17, 15) is 4.79 Å². The number of hydrogen-bond donors (Lipinski definition) is 1. The van der Waals surface area contributed by atoms with Crippen molar-refractivity contribution >= 4 is 5.97 Å². The molecule has 1 heterocycles. The number of carboxylic acid groups (broad SMARTS) is 1. The molecule has 2 rings (SSSR count). The fourth-order valence-electron chi connectivity index (χ4n) is 3.08.